The Hall–Kier alpha value is -0.570. The summed E-state index contributed by atoms with van der Waals surface area (Å²) in [5.74, 6) is -0.00565. The molecule has 0 aromatic heterocycles. The van der Waals surface area contributed by atoms with E-state index in [0.717, 1.165) is 19.4 Å². The van der Waals surface area contributed by atoms with Crippen LogP contribution < -0.4 is 5.32 Å². The molecule has 0 saturated heterocycles. The van der Waals surface area contributed by atoms with Crippen LogP contribution in [0.15, 0.2) is 0 Å². The molecule has 0 aromatic carbocycles. The second-order valence-electron chi connectivity index (χ2n) is 6.37. The van der Waals surface area contributed by atoms with Crippen LogP contribution in [0.4, 0.5) is 0 Å². The standard InChI is InChI=1S/C15H29NO2/c1-4-7-13(14(17)18)16-11-15(10-12(2)3)8-5-6-9-15/h12-13,16H,4-11H2,1-3H3,(H,17,18). The van der Waals surface area contributed by atoms with Gasteiger partial charge >= 0.3 is 5.97 Å². The Balaban J connectivity index is 2.53. The molecule has 1 aliphatic rings. The largest absolute Gasteiger partial charge is 0.480 e. The van der Waals surface area contributed by atoms with Crippen LogP contribution in [0.5, 0.6) is 0 Å². The molecule has 1 atom stereocenters. The number of nitrogens with one attached hydrogen (secondary N) is 1. The molecular formula is C15H29NO2. The van der Waals surface area contributed by atoms with Crippen LogP contribution in [-0.2, 0) is 4.79 Å². The third-order valence-electron chi connectivity index (χ3n) is 4.10. The van der Waals surface area contributed by atoms with E-state index in [0.29, 0.717) is 11.3 Å². The lowest BCUT2D eigenvalue weighted by molar-refractivity contribution is -0.139. The van der Waals surface area contributed by atoms with Crippen LogP contribution in [0.1, 0.15) is 65.7 Å². The molecule has 3 nitrogen and oxygen atoms in total. The minimum absolute atomic E-state index is 0.357. The lowest BCUT2D eigenvalue weighted by atomic mass is 9.78. The monoisotopic (exact) mass is 255 g/mol. The molecule has 3 heteroatoms. The highest BCUT2D eigenvalue weighted by molar-refractivity contribution is 5.73. The van der Waals surface area contributed by atoms with E-state index in [9.17, 15) is 9.90 Å². The van der Waals surface area contributed by atoms with Gasteiger partial charge in [-0.2, -0.15) is 0 Å². The highest BCUT2D eigenvalue weighted by Crippen LogP contribution is 2.42. The first-order chi connectivity index (χ1) is 8.49. The summed E-state index contributed by atoms with van der Waals surface area (Å²) in [7, 11) is 0. The van der Waals surface area contributed by atoms with Gasteiger partial charge in [-0.1, -0.05) is 40.0 Å². The molecule has 0 bridgehead atoms. The van der Waals surface area contributed by atoms with E-state index in [1.54, 1.807) is 0 Å². The maximum atomic E-state index is 11.2. The lowest BCUT2D eigenvalue weighted by Crippen LogP contribution is -2.43. The summed E-state index contributed by atoms with van der Waals surface area (Å²) in [4.78, 5) is 11.2. The Kier molecular flexibility index (Phi) is 6.13. The van der Waals surface area contributed by atoms with Gasteiger partial charge in [-0.25, -0.2) is 0 Å². The zero-order valence-electron chi connectivity index (χ0n) is 12.2. The highest BCUT2D eigenvalue weighted by atomic mass is 16.4. The fourth-order valence-electron chi connectivity index (χ4n) is 3.39. The zero-order chi connectivity index (χ0) is 13.6. The third-order valence-corrected chi connectivity index (χ3v) is 4.10. The summed E-state index contributed by atoms with van der Waals surface area (Å²) in [6.45, 7) is 7.45. The Morgan fingerprint density at radius 2 is 1.94 bits per heavy atom. The molecule has 106 valence electrons. The summed E-state index contributed by atoms with van der Waals surface area (Å²) in [6.07, 6.45) is 8.00. The van der Waals surface area contributed by atoms with Gasteiger partial charge in [0.1, 0.15) is 6.04 Å². The van der Waals surface area contributed by atoms with Crippen LogP contribution in [0.2, 0.25) is 0 Å². The zero-order valence-corrected chi connectivity index (χ0v) is 12.2. The number of carboxylic acids is 1. The highest BCUT2D eigenvalue weighted by Gasteiger charge is 2.35. The van der Waals surface area contributed by atoms with Gasteiger partial charge in [0.05, 0.1) is 0 Å². The van der Waals surface area contributed by atoms with Crippen molar-refractivity contribution in [1.82, 2.24) is 5.32 Å². The first-order valence-electron chi connectivity index (χ1n) is 7.45. The van der Waals surface area contributed by atoms with Crippen molar-refractivity contribution in [2.45, 2.75) is 71.8 Å². The van der Waals surface area contributed by atoms with E-state index < -0.39 is 5.97 Å². The van der Waals surface area contributed by atoms with E-state index in [-0.39, 0.29) is 6.04 Å². The summed E-state index contributed by atoms with van der Waals surface area (Å²) in [6, 6.07) is -0.361. The fraction of sp³-hybridized carbons (Fsp3) is 0.933. The van der Waals surface area contributed by atoms with Crippen molar-refractivity contribution in [3.05, 3.63) is 0 Å². The number of carboxylic acid groups (broad SMARTS) is 1. The predicted molar refractivity (Wildman–Crippen MR) is 74.7 cm³/mol. The second kappa shape index (κ2) is 7.13. The first-order valence-corrected chi connectivity index (χ1v) is 7.45. The van der Waals surface area contributed by atoms with Crippen LogP contribution in [-0.4, -0.2) is 23.7 Å². The summed E-state index contributed by atoms with van der Waals surface area (Å²) < 4.78 is 0. The number of aliphatic carboxylic acids is 1. The number of hydrogen-bond acceptors (Lipinski definition) is 2. The number of hydrogen-bond donors (Lipinski definition) is 2. The van der Waals surface area contributed by atoms with Crippen molar-refractivity contribution in [1.29, 1.82) is 0 Å². The van der Waals surface area contributed by atoms with E-state index in [1.165, 1.54) is 32.1 Å². The maximum Gasteiger partial charge on any atom is 0.320 e. The van der Waals surface area contributed by atoms with Crippen LogP contribution >= 0.6 is 0 Å². The predicted octanol–water partition coefficient (Wildman–Crippen LogP) is 3.44. The Morgan fingerprint density at radius 1 is 1.33 bits per heavy atom. The van der Waals surface area contributed by atoms with Crippen molar-refractivity contribution in [3.8, 4) is 0 Å². The molecule has 0 heterocycles. The van der Waals surface area contributed by atoms with Crippen LogP contribution in [0, 0.1) is 11.3 Å². The molecule has 1 unspecified atom stereocenters. The molecule has 2 N–H and O–H groups in total. The average Bonchev–Trinajstić information content (AvgIpc) is 2.71. The van der Waals surface area contributed by atoms with Crippen LogP contribution in [0.25, 0.3) is 0 Å². The van der Waals surface area contributed by atoms with Crippen LogP contribution in [0.3, 0.4) is 0 Å². The number of carbonyl (C=O) groups is 1. The molecule has 1 saturated carbocycles. The summed E-state index contributed by atoms with van der Waals surface area (Å²) in [5.41, 5.74) is 0.357. The van der Waals surface area contributed by atoms with E-state index in [4.69, 9.17) is 0 Å². The van der Waals surface area contributed by atoms with Gasteiger partial charge in [0, 0.05) is 6.54 Å². The Morgan fingerprint density at radius 3 is 2.39 bits per heavy atom. The van der Waals surface area contributed by atoms with E-state index in [2.05, 4.69) is 19.2 Å². The maximum absolute atomic E-state index is 11.2. The van der Waals surface area contributed by atoms with Gasteiger partial charge in [-0.15, -0.1) is 0 Å². The van der Waals surface area contributed by atoms with E-state index >= 15 is 0 Å². The SMILES string of the molecule is CCCC(NCC1(CC(C)C)CCCC1)C(=O)O. The molecule has 0 radical (unpaired) electrons. The van der Waals surface area contributed by atoms with Crippen molar-refractivity contribution < 1.29 is 9.90 Å². The minimum atomic E-state index is -0.699. The second-order valence-corrected chi connectivity index (χ2v) is 6.37. The Labute approximate surface area is 111 Å². The van der Waals surface area contributed by atoms with Gasteiger partial charge in [0.25, 0.3) is 0 Å². The molecule has 1 rings (SSSR count). The molecular weight excluding hydrogens is 226 g/mol. The Bertz CT molecular complexity index is 257. The molecule has 18 heavy (non-hydrogen) atoms. The molecule has 1 aliphatic carbocycles. The van der Waals surface area contributed by atoms with Gasteiger partial charge in [0.2, 0.25) is 0 Å². The van der Waals surface area contributed by atoms with Gasteiger partial charge in [0.15, 0.2) is 0 Å². The quantitative estimate of drug-likeness (QED) is 0.698. The van der Waals surface area contributed by atoms with Gasteiger partial charge in [-0.3, -0.25) is 4.79 Å². The summed E-state index contributed by atoms with van der Waals surface area (Å²) in [5, 5.41) is 12.5. The lowest BCUT2D eigenvalue weighted by Gasteiger charge is -2.32. The molecule has 0 aliphatic heterocycles. The topological polar surface area (TPSA) is 49.3 Å². The van der Waals surface area contributed by atoms with Crippen molar-refractivity contribution in [2.24, 2.45) is 11.3 Å². The van der Waals surface area contributed by atoms with Crippen molar-refractivity contribution in [3.63, 3.8) is 0 Å². The fourth-order valence-corrected chi connectivity index (χ4v) is 3.39. The minimum Gasteiger partial charge on any atom is -0.480 e. The number of rotatable bonds is 8. The van der Waals surface area contributed by atoms with Crippen molar-refractivity contribution in [2.75, 3.05) is 6.54 Å². The normalized spacial score (nSPS) is 20.2. The third kappa shape index (κ3) is 4.60. The first kappa shape index (κ1) is 15.5. The van der Waals surface area contributed by atoms with Crippen molar-refractivity contribution >= 4 is 5.97 Å². The molecule has 0 spiro atoms. The molecule has 1 fully saturated rings. The van der Waals surface area contributed by atoms with Gasteiger partial charge < -0.3 is 10.4 Å². The summed E-state index contributed by atoms with van der Waals surface area (Å²) >= 11 is 0. The smallest absolute Gasteiger partial charge is 0.320 e. The molecule has 0 aromatic rings. The molecule has 0 amide bonds. The van der Waals surface area contributed by atoms with Gasteiger partial charge in [-0.05, 0) is 37.0 Å². The average molecular weight is 255 g/mol. The van der Waals surface area contributed by atoms with E-state index in [1.807, 2.05) is 6.92 Å².